The van der Waals surface area contributed by atoms with Crippen molar-refractivity contribution < 1.29 is 20.1 Å². The molecule has 6 N–H and O–H groups in total. The monoisotopic (exact) mass is 395 g/mol. The molecule has 0 aliphatic carbocycles. The van der Waals surface area contributed by atoms with E-state index in [0.717, 1.165) is 0 Å². The van der Waals surface area contributed by atoms with Gasteiger partial charge >= 0.3 is 0 Å². The first-order valence-corrected chi connectivity index (χ1v) is 7.21. The van der Waals surface area contributed by atoms with E-state index in [1.54, 1.807) is 0 Å². The largest absolute Gasteiger partial charge is 0.394 e. The zero-order valence-electron chi connectivity index (χ0n) is 10.2. The summed E-state index contributed by atoms with van der Waals surface area (Å²) in [6.45, 7) is -0.380. The summed E-state index contributed by atoms with van der Waals surface area (Å²) in [6.07, 6.45) is -2.73. The Morgan fingerprint density at radius 2 is 2.15 bits per heavy atom. The number of nitrogens with one attached hydrogen (secondary N) is 1. The first kappa shape index (κ1) is 14.2. The Kier molecular flexibility index (Phi) is 3.68. The third-order valence-corrected chi connectivity index (χ3v) is 4.30. The van der Waals surface area contributed by atoms with Crippen molar-refractivity contribution in [3.8, 4) is 0 Å². The molecule has 1 aromatic heterocycles. The Morgan fingerprint density at radius 3 is 2.80 bits per heavy atom. The minimum atomic E-state index is -1.18. The number of anilines is 2. The van der Waals surface area contributed by atoms with E-state index in [9.17, 15) is 10.2 Å². The summed E-state index contributed by atoms with van der Waals surface area (Å²) in [5.41, 5.74) is 9.58. The van der Waals surface area contributed by atoms with E-state index in [1.807, 2.05) is 0 Å². The molecule has 3 rings (SSSR count). The van der Waals surface area contributed by atoms with Crippen LogP contribution in [0.2, 0.25) is 0 Å². The molecule has 1 aromatic rings. The molecule has 5 atom stereocenters. The summed E-state index contributed by atoms with van der Waals surface area (Å²) in [4.78, 5) is 8.07. The number of hydrazine groups is 1. The van der Waals surface area contributed by atoms with Gasteiger partial charge in [0.1, 0.15) is 34.5 Å². The Balaban J connectivity index is 1.93. The molecule has 10 heteroatoms. The Morgan fingerprint density at radius 1 is 1.40 bits per heavy atom. The number of nitrogens with zero attached hydrogens (tertiary/aromatic N) is 3. The summed E-state index contributed by atoms with van der Waals surface area (Å²) >= 11 is 2.12. The lowest BCUT2D eigenvalue weighted by atomic mass is 10.1. The molecule has 9 nitrogen and oxygen atoms in total. The summed E-state index contributed by atoms with van der Waals surface area (Å²) in [5, 5.41) is 30.5. The predicted octanol–water partition coefficient (Wildman–Crippen LogP) is -1.74. The van der Waals surface area contributed by atoms with Crippen molar-refractivity contribution in [3.05, 3.63) is 11.9 Å². The number of ether oxygens (including phenoxy) is 1. The highest BCUT2D eigenvalue weighted by Gasteiger charge is 2.48. The van der Waals surface area contributed by atoms with Crippen molar-refractivity contribution in [2.75, 3.05) is 17.3 Å². The van der Waals surface area contributed by atoms with Gasteiger partial charge in [0.25, 0.3) is 0 Å². The van der Waals surface area contributed by atoms with Gasteiger partial charge in [0.05, 0.1) is 12.2 Å². The van der Waals surface area contributed by atoms with Crippen molar-refractivity contribution in [2.24, 2.45) is 0 Å². The lowest BCUT2D eigenvalue weighted by molar-refractivity contribution is -0.0249. The van der Waals surface area contributed by atoms with Crippen LogP contribution in [0, 0.1) is 0 Å². The maximum absolute atomic E-state index is 10.1. The average molecular weight is 395 g/mol. The summed E-state index contributed by atoms with van der Waals surface area (Å²) in [5.74, 6) is 0.836. The molecule has 0 amide bonds. The molecule has 0 spiro atoms. The van der Waals surface area contributed by atoms with Crippen LogP contribution in [0.4, 0.5) is 11.6 Å². The van der Waals surface area contributed by atoms with E-state index in [0.29, 0.717) is 17.2 Å². The lowest BCUT2D eigenvalue weighted by Crippen LogP contribution is -2.49. The number of halogens is 1. The summed E-state index contributed by atoms with van der Waals surface area (Å²) < 4.78 is 5.30. The van der Waals surface area contributed by atoms with Crippen molar-refractivity contribution in [1.29, 1.82) is 0 Å². The average Bonchev–Trinajstić information content (AvgIpc) is 2.90. The standard InChI is InChI=1S/C10H14IN5O4/c11-7-4-8(12)13-2-14-9(4)16(15-7)10-6(19)5(18)3(1-17)20-10/h2-3,5-7,10,15,17-19H,1H2,(H2,12,13,14)/t3-,5-,6+,7+,10+/m0/s1. The highest BCUT2D eigenvalue weighted by molar-refractivity contribution is 14.1. The fourth-order valence-corrected chi connectivity index (χ4v) is 3.27. The van der Waals surface area contributed by atoms with Crippen LogP contribution in [0.1, 0.15) is 9.61 Å². The third kappa shape index (κ3) is 2.03. The maximum atomic E-state index is 10.1. The fourth-order valence-electron chi connectivity index (χ4n) is 2.37. The number of hydrogen-bond acceptors (Lipinski definition) is 9. The predicted molar refractivity (Wildman–Crippen MR) is 76.6 cm³/mol. The van der Waals surface area contributed by atoms with Gasteiger partial charge in [-0.1, -0.05) is 22.6 Å². The summed E-state index contributed by atoms with van der Waals surface area (Å²) in [7, 11) is 0. The molecule has 0 radical (unpaired) electrons. The number of alkyl halides is 1. The van der Waals surface area contributed by atoms with Crippen molar-refractivity contribution >= 4 is 34.2 Å². The SMILES string of the molecule is Nc1ncnc2c1[C@H](I)NN2[C@@H]1O[C@@H](CO)[C@H](O)[C@H]1O. The van der Waals surface area contributed by atoms with Gasteiger partial charge in [0, 0.05) is 0 Å². The van der Waals surface area contributed by atoms with E-state index in [-0.39, 0.29) is 10.7 Å². The minimum absolute atomic E-state index is 0.176. The third-order valence-electron chi connectivity index (χ3n) is 3.40. The second-order valence-electron chi connectivity index (χ2n) is 4.59. The van der Waals surface area contributed by atoms with Crippen LogP contribution in [0.5, 0.6) is 0 Å². The topological polar surface area (TPSA) is 137 Å². The van der Waals surface area contributed by atoms with Gasteiger partial charge in [-0.25, -0.2) is 15.4 Å². The molecular weight excluding hydrogens is 381 g/mol. The highest BCUT2D eigenvalue weighted by Crippen LogP contribution is 2.40. The van der Waals surface area contributed by atoms with Crippen LogP contribution in [0.3, 0.4) is 0 Å². The lowest BCUT2D eigenvalue weighted by Gasteiger charge is -2.27. The number of hydrogen-bond donors (Lipinski definition) is 5. The van der Waals surface area contributed by atoms with Crippen LogP contribution in [0.25, 0.3) is 0 Å². The normalized spacial score (nSPS) is 36.4. The quantitative estimate of drug-likeness (QED) is 0.224. The molecule has 110 valence electrons. The number of nitrogens with two attached hydrogens (primary N) is 1. The molecule has 20 heavy (non-hydrogen) atoms. The Bertz CT molecular complexity index is 520. The van der Waals surface area contributed by atoms with E-state index in [4.69, 9.17) is 15.6 Å². The van der Waals surface area contributed by atoms with Crippen molar-refractivity contribution in [3.63, 3.8) is 0 Å². The van der Waals surface area contributed by atoms with Gasteiger partial charge in [0.2, 0.25) is 0 Å². The Hall–Kier alpha value is -0.790. The molecule has 3 heterocycles. The molecule has 0 aromatic carbocycles. The molecule has 0 unspecified atom stereocenters. The number of fused-ring (bicyclic) bond motifs is 1. The molecule has 0 bridgehead atoms. The number of rotatable bonds is 2. The van der Waals surface area contributed by atoms with Crippen LogP contribution in [-0.4, -0.2) is 56.4 Å². The molecule has 1 saturated heterocycles. The van der Waals surface area contributed by atoms with Gasteiger partial charge in [-0.05, 0) is 0 Å². The smallest absolute Gasteiger partial charge is 0.174 e. The first-order chi connectivity index (χ1) is 9.54. The van der Waals surface area contributed by atoms with E-state index < -0.39 is 24.5 Å². The van der Waals surface area contributed by atoms with E-state index in [1.165, 1.54) is 11.3 Å². The fraction of sp³-hybridized carbons (Fsp3) is 0.600. The first-order valence-electron chi connectivity index (χ1n) is 5.97. The maximum Gasteiger partial charge on any atom is 0.174 e. The van der Waals surface area contributed by atoms with Crippen LogP contribution in [-0.2, 0) is 4.74 Å². The molecule has 1 fully saturated rings. The Labute approximate surface area is 127 Å². The van der Waals surface area contributed by atoms with Crippen LogP contribution >= 0.6 is 22.6 Å². The zero-order chi connectivity index (χ0) is 14.4. The summed E-state index contributed by atoms with van der Waals surface area (Å²) in [6, 6.07) is 0. The molecule has 0 saturated carbocycles. The second kappa shape index (κ2) is 5.20. The molecule has 2 aliphatic heterocycles. The minimum Gasteiger partial charge on any atom is -0.394 e. The van der Waals surface area contributed by atoms with Gasteiger partial charge in [-0.15, -0.1) is 0 Å². The highest BCUT2D eigenvalue weighted by atomic mass is 127. The van der Waals surface area contributed by atoms with Gasteiger partial charge in [0.15, 0.2) is 12.0 Å². The van der Waals surface area contributed by atoms with Gasteiger partial charge < -0.3 is 25.8 Å². The number of nitrogen functional groups attached to an aromatic ring is 1. The van der Waals surface area contributed by atoms with Crippen LogP contribution in [0.15, 0.2) is 6.33 Å². The van der Waals surface area contributed by atoms with E-state index in [2.05, 4.69) is 38.0 Å². The van der Waals surface area contributed by atoms with Crippen molar-refractivity contribution in [1.82, 2.24) is 15.4 Å². The van der Waals surface area contributed by atoms with E-state index >= 15 is 0 Å². The molecule has 2 aliphatic rings. The second-order valence-corrected chi connectivity index (χ2v) is 5.83. The number of aliphatic hydroxyl groups excluding tert-OH is 3. The number of aromatic nitrogens is 2. The van der Waals surface area contributed by atoms with Gasteiger partial charge in [-0.2, -0.15) is 0 Å². The number of aliphatic hydroxyl groups is 3. The van der Waals surface area contributed by atoms with Gasteiger partial charge in [-0.3, -0.25) is 5.01 Å². The van der Waals surface area contributed by atoms with Crippen LogP contribution < -0.4 is 16.2 Å². The van der Waals surface area contributed by atoms with Crippen molar-refractivity contribution in [2.45, 2.75) is 28.6 Å². The molecular formula is C10H14IN5O4. The zero-order valence-corrected chi connectivity index (χ0v) is 12.4.